The Morgan fingerprint density at radius 2 is 2.10 bits per heavy atom. The quantitative estimate of drug-likeness (QED) is 0.857. The van der Waals surface area contributed by atoms with Crippen molar-refractivity contribution >= 4 is 17.5 Å². The highest BCUT2D eigenvalue weighted by atomic mass is 16.2. The Balaban J connectivity index is 2.18. The number of nitrogens with zero attached hydrogens (tertiary/aromatic N) is 1. The van der Waals surface area contributed by atoms with Crippen LogP contribution in [0.1, 0.15) is 31.2 Å². The van der Waals surface area contributed by atoms with Gasteiger partial charge in [-0.2, -0.15) is 0 Å². The van der Waals surface area contributed by atoms with Crippen LogP contribution in [0.2, 0.25) is 0 Å². The van der Waals surface area contributed by atoms with Gasteiger partial charge in [-0.15, -0.1) is 0 Å². The van der Waals surface area contributed by atoms with Gasteiger partial charge in [-0.1, -0.05) is 12.1 Å². The molecule has 0 aromatic heterocycles. The zero-order valence-electron chi connectivity index (χ0n) is 12.4. The molecule has 2 rings (SSSR count). The van der Waals surface area contributed by atoms with E-state index in [4.69, 9.17) is 11.5 Å². The maximum Gasteiger partial charge on any atom is 0.230 e. The minimum absolute atomic E-state index is 0.0478. The van der Waals surface area contributed by atoms with E-state index in [1.165, 1.54) is 0 Å². The summed E-state index contributed by atoms with van der Waals surface area (Å²) in [6.45, 7) is 2.30. The van der Waals surface area contributed by atoms with Crippen molar-refractivity contribution in [3.05, 3.63) is 29.8 Å². The second-order valence-corrected chi connectivity index (χ2v) is 5.82. The topological polar surface area (TPSA) is 89.4 Å². The van der Waals surface area contributed by atoms with Crippen molar-refractivity contribution in [2.24, 2.45) is 17.4 Å². The summed E-state index contributed by atoms with van der Waals surface area (Å²) in [4.78, 5) is 25.5. The third-order valence-corrected chi connectivity index (χ3v) is 3.98. The van der Waals surface area contributed by atoms with E-state index in [2.05, 4.69) is 0 Å². The van der Waals surface area contributed by atoms with Gasteiger partial charge in [0.25, 0.3) is 0 Å². The Bertz CT molecular complexity index is 530. The molecule has 0 radical (unpaired) electrons. The number of hydrogen-bond acceptors (Lipinski definition) is 3. The maximum absolute atomic E-state index is 12.7. The zero-order chi connectivity index (χ0) is 15.4. The van der Waals surface area contributed by atoms with Crippen LogP contribution in [0.5, 0.6) is 0 Å². The largest absolute Gasteiger partial charge is 0.370 e. The fraction of sp³-hybridized carbons (Fsp3) is 0.500. The van der Waals surface area contributed by atoms with Crippen molar-refractivity contribution < 1.29 is 9.59 Å². The van der Waals surface area contributed by atoms with Crippen molar-refractivity contribution in [1.82, 2.24) is 0 Å². The van der Waals surface area contributed by atoms with E-state index in [0.717, 1.165) is 30.5 Å². The minimum atomic E-state index is -0.399. The van der Waals surface area contributed by atoms with Gasteiger partial charge in [-0.05, 0) is 43.9 Å². The normalized spacial score (nSPS) is 21.2. The standard InChI is InChI=1S/C16H23N3O2/c1-11-3-2-4-14(9-11)19(8-7-15(18)20)16(21)12-5-6-13(17)10-12/h2-4,9,12-13H,5-8,10,17H2,1H3,(H2,18,20). The van der Waals surface area contributed by atoms with Crippen LogP contribution in [0.4, 0.5) is 5.69 Å². The van der Waals surface area contributed by atoms with Crippen LogP contribution in [0.25, 0.3) is 0 Å². The summed E-state index contributed by atoms with van der Waals surface area (Å²) in [5.41, 5.74) is 13.0. The number of primary amides is 1. The summed E-state index contributed by atoms with van der Waals surface area (Å²) in [5.74, 6) is -0.397. The highest BCUT2D eigenvalue weighted by Crippen LogP contribution is 2.28. The first-order chi connectivity index (χ1) is 9.97. The molecule has 0 aliphatic heterocycles. The lowest BCUT2D eigenvalue weighted by Crippen LogP contribution is -2.38. The van der Waals surface area contributed by atoms with Crippen LogP contribution in [-0.2, 0) is 9.59 Å². The first kappa shape index (κ1) is 15.5. The number of carbonyl (C=O) groups is 2. The molecule has 5 nitrogen and oxygen atoms in total. The van der Waals surface area contributed by atoms with E-state index in [1.54, 1.807) is 4.90 Å². The average molecular weight is 289 g/mol. The number of carbonyl (C=O) groups excluding carboxylic acids is 2. The third-order valence-electron chi connectivity index (χ3n) is 3.98. The van der Waals surface area contributed by atoms with Gasteiger partial charge in [-0.3, -0.25) is 9.59 Å². The van der Waals surface area contributed by atoms with Crippen LogP contribution in [0, 0.1) is 12.8 Å². The van der Waals surface area contributed by atoms with Crippen LogP contribution < -0.4 is 16.4 Å². The highest BCUT2D eigenvalue weighted by Gasteiger charge is 2.31. The molecule has 114 valence electrons. The lowest BCUT2D eigenvalue weighted by molar-refractivity contribution is -0.122. The predicted molar refractivity (Wildman–Crippen MR) is 82.7 cm³/mol. The van der Waals surface area contributed by atoms with Crippen molar-refractivity contribution in [2.75, 3.05) is 11.4 Å². The number of anilines is 1. The number of aryl methyl sites for hydroxylation is 1. The minimum Gasteiger partial charge on any atom is -0.370 e. The van der Waals surface area contributed by atoms with Gasteiger partial charge in [0.1, 0.15) is 0 Å². The average Bonchev–Trinajstić information content (AvgIpc) is 2.85. The number of benzene rings is 1. The van der Waals surface area contributed by atoms with Crippen molar-refractivity contribution in [1.29, 1.82) is 0 Å². The highest BCUT2D eigenvalue weighted by molar-refractivity contribution is 5.95. The van der Waals surface area contributed by atoms with Gasteiger partial charge in [-0.25, -0.2) is 0 Å². The van der Waals surface area contributed by atoms with Crippen LogP contribution in [0.3, 0.4) is 0 Å². The van der Waals surface area contributed by atoms with Gasteiger partial charge < -0.3 is 16.4 Å². The van der Waals surface area contributed by atoms with Gasteiger partial charge in [0.05, 0.1) is 0 Å². The van der Waals surface area contributed by atoms with Gasteiger partial charge in [0.2, 0.25) is 11.8 Å². The van der Waals surface area contributed by atoms with Gasteiger partial charge >= 0.3 is 0 Å². The second-order valence-electron chi connectivity index (χ2n) is 5.82. The molecular weight excluding hydrogens is 266 g/mol. The maximum atomic E-state index is 12.7. The molecule has 21 heavy (non-hydrogen) atoms. The number of nitrogens with two attached hydrogens (primary N) is 2. The monoisotopic (exact) mass is 289 g/mol. The summed E-state index contributed by atoms with van der Waals surface area (Å²) in [6.07, 6.45) is 2.59. The van der Waals surface area contributed by atoms with E-state index in [9.17, 15) is 9.59 Å². The third kappa shape index (κ3) is 4.04. The molecule has 2 amide bonds. The summed E-state index contributed by atoms with van der Waals surface area (Å²) < 4.78 is 0. The molecule has 0 spiro atoms. The molecule has 0 bridgehead atoms. The van der Waals surface area contributed by atoms with Crippen molar-refractivity contribution in [3.8, 4) is 0 Å². The first-order valence-electron chi connectivity index (χ1n) is 7.39. The molecule has 1 aliphatic rings. The molecule has 0 heterocycles. The van der Waals surface area contributed by atoms with Crippen LogP contribution >= 0.6 is 0 Å². The lowest BCUT2D eigenvalue weighted by Gasteiger charge is -2.26. The van der Waals surface area contributed by atoms with E-state index >= 15 is 0 Å². The molecule has 0 saturated heterocycles. The Hall–Kier alpha value is -1.88. The summed E-state index contributed by atoms with van der Waals surface area (Å²) in [7, 11) is 0. The van der Waals surface area contributed by atoms with Crippen LogP contribution in [0.15, 0.2) is 24.3 Å². The Kier molecular flexibility index (Phi) is 4.96. The van der Waals surface area contributed by atoms with Gasteiger partial charge in [0.15, 0.2) is 0 Å². The van der Waals surface area contributed by atoms with E-state index in [1.807, 2.05) is 31.2 Å². The predicted octanol–water partition coefficient (Wildman–Crippen LogP) is 1.33. The van der Waals surface area contributed by atoms with Crippen molar-refractivity contribution in [2.45, 2.75) is 38.6 Å². The fourth-order valence-electron chi connectivity index (χ4n) is 2.85. The first-order valence-corrected chi connectivity index (χ1v) is 7.39. The molecule has 1 fully saturated rings. The number of hydrogen-bond donors (Lipinski definition) is 2. The number of rotatable bonds is 5. The molecule has 1 saturated carbocycles. The Morgan fingerprint density at radius 3 is 2.67 bits per heavy atom. The molecule has 4 N–H and O–H groups in total. The summed E-state index contributed by atoms with van der Waals surface area (Å²) in [6, 6.07) is 7.84. The second kappa shape index (κ2) is 6.72. The van der Waals surface area contributed by atoms with Crippen LogP contribution in [-0.4, -0.2) is 24.4 Å². The van der Waals surface area contributed by atoms with E-state index < -0.39 is 5.91 Å². The van der Waals surface area contributed by atoms with E-state index in [-0.39, 0.29) is 24.3 Å². The molecule has 1 aliphatic carbocycles. The molecule has 1 aromatic carbocycles. The van der Waals surface area contributed by atoms with Gasteiger partial charge in [0, 0.05) is 30.6 Å². The molecule has 5 heteroatoms. The summed E-state index contributed by atoms with van der Waals surface area (Å²) in [5, 5.41) is 0. The Labute approximate surface area is 125 Å². The zero-order valence-corrected chi connectivity index (χ0v) is 12.4. The lowest BCUT2D eigenvalue weighted by atomic mass is 10.0. The van der Waals surface area contributed by atoms with Crippen molar-refractivity contribution in [3.63, 3.8) is 0 Å². The molecule has 2 unspecified atom stereocenters. The smallest absolute Gasteiger partial charge is 0.230 e. The number of amides is 2. The molecule has 1 aromatic rings. The fourth-order valence-corrected chi connectivity index (χ4v) is 2.85. The Morgan fingerprint density at radius 1 is 1.33 bits per heavy atom. The summed E-state index contributed by atoms with van der Waals surface area (Å²) >= 11 is 0. The van der Waals surface area contributed by atoms with E-state index in [0.29, 0.717) is 6.54 Å². The molecular formula is C16H23N3O2. The SMILES string of the molecule is Cc1cccc(N(CCC(N)=O)C(=O)C2CCC(N)C2)c1. The molecule has 2 atom stereocenters.